The van der Waals surface area contributed by atoms with Crippen LogP contribution < -0.4 is 9.47 Å². The first-order valence-corrected chi connectivity index (χ1v) is 11.6. The van der Waals surface area contributed by atoms with Crippen molar-refractivity contribution < 1.29 is 28.5 Å². The number of ether oxygens (including phenoxy) is 4. The van der Waals surface area contributed by atoms with Gasteiger partial charge in [-0.1, -0.05) is 49.7 Å². The Morgan fingerprint density at radius 3 is 1.64 bits per heavy atom. The van der Waals surface area contributed by atoms with Gasteiger partial charge in [-0.2, -0.15) is 0 Å². The molecule has 0 aliphatic rings. The third-order valence-electron chi connectivity index (χ3n) is 5.25. The van der Waals surface area contributed by atoms with E-state index in [0.29, 0.717) is 34.7 Å². The fourth-order valence-electron chi connectivity index (χ4n) is 3.68. The highest BCUT2D eigenvalue weighted by molar-refractivity contribution is 6.31. The van der Waals surface area contributed by atoms with E-state index in [1.165, 1.54) is 0 Å². The van der Waals surface area contributed by atoms with E-state index in [1.54, 1.807) is 26.0 Å². The third-order valence-corrected chi connectivity index (χ3v) is 5.48. The Morgan fingerprint density at radius 2 is 1.18 bits per heavy atom. The van der Waals surface area contributed by atoms with Crippen molar-refractivity contribution in [1.29, 1.82) is 0 Å². The molecule has 0 spiro atoms. The Bertz CT molecular complexity index is 1140. The van der Waals surface area contributed by atoms with Gasteiger partial charge in [0.05, 0.1) is 13.2 Å². The highest BCUT2D eigenvalue weighted by atomic mass is 35.5. The molecule has 0 N–H and O–H groups in total. The van der Waals surface area contributed by atoms with Gasteiger partial charge in [-0.25, -0.2) is 9.59 Å². The molecule has 0 heterocycles. The zero-order valence-electron chi connectivity index (χ0n) is 19.4. The van der Waals surface area contributed by atoms with Crippen molar-refractivity contribution in [3.8, 4) is 11.5 Å². The zero-order valence-corrected chi connectivity index (χ0v) is 20.1. The fourth-order valence-corrected chi connectivity index (χ4v) is 3.85. The lowest BCUT2D eigenvalue weighted by Crippen LogP contribution is -2.29. The average Bonchev–Trinajstić information content (AvgIpc) is 2.81. The van der Waals surface area contributed by atoms with E-state index in [4.69, 9.17) is 30.5 Å². The molecule has 2 unspecified atom stereocenters. The lowest BCUT2D eigenvalue weighted by atomic mass is 10.00. The van der Waals surface area contributed by atoms with Gasteiger partial charge in [-0.05, 0) is 44.9 Å². The highest BCUT2D eigenvalue weighted by Gasteiger charge is 2.26. The van der Waals surface area contributed by atoms with Crippen LogP contribution in [-0.2, 0) is 19.1 Å². The Labute approximate surface area is 198 Å². The molecule has 0 bridgehead atoms. The fraction of sp³-hybridized carbons (Fsp3) is 0.385. The SMILES string of the molecule is CCOC(=O)C(CC)Oc1c2ccccc2c(OC(CC)C(=O)OCC)c2cc(Cl)ccc12. The number of rotatable bonds is 10. The van der Waals surface area contributed by atoms with E-state index >= 15 is 0 Å². The maximum absolute atomic E-state index is 12.5. The van der Waals surface area contributed by atoms with Gasteiger partial charge >= 0.3 is 11.9 Å². The molecule has 2 atom stereocenters. The van der Waals surface area contributed by atoms with Gasteiger partial charge in [0.15, 0.2) is 12.2 Å². The van der Waals surface area contributed by atoms with Crippen LogP contribution in [0.15, 0.2) is 42.5 Å². The molecule has 3 aromatic rings. The molecule has 0 aromatic heterocycles. The van der Waals surface area contributed by atoms with E-state index in [-0.39, 0.29) is 13.2 Å². The largest absolute Gasteiger partial charge is 0.477 e. The Morgan fingerprint density at radius 1 is 0.727 bits per heavy atom. The maximum atomic E-state index is 12.5. The summed E-state index contributed by atoms with van der Waals surface area (Å²) >= 11 is 6.34. The zero-order chi connectivity index (χ0) is 24.0. The summed E-state index contributed by atoms with van der Waals surface area (Å²) < 4.78 is 22.9. The molecule has 3 rings (SSSR count). The average molecular weight is 473 g/mol. The van der Waals surface area contributed by atoms with Crippen LogP contribution in [0.2, 0.25) is 5.02 Å². The van der Waals surface area contributed by atoms with Gasteiger partial charge in [-0.3, -0.25) is 0 Å². The molecule has 3 aromatic carbocycles. The van der Waals surface area contributed by atoms with Crippen molar-refractivity contribution in [3.63, 3.8) is 0 Å². The van der Waals surface area contributed by atoms with Crippen molar-refractivity contribution in [3.05, 3.63) is 47.5 Å². The Hall–Kier alpha value is -2.99. The van der Waals surface area contributed by atoms with Crippen LogP contribution in [0.5, 0.6) is 11.5 Å². The van der Waals surface area contributed by atoms with E-state index in [1.807, 2.05) is 44.2 Å². The van der Waals surface area contributed by atoms with Gasteiger partial charge < -0.3 is 18.9 Å². The van der Waals surface area contributed by atoms with Crippen molar-refractivity contribution >= 4 is 45.1 Å². The Kier molecular flexibility index (Phi) is 8.39. The number of carbonyl (C=O) groups is 2. The van der Waals surface area contributed by atoms with Crippen LogP contribution >= 0.6 is 11.6 Å². The first-order valence-electron chi connectivity index (χ1n) is 11.3. The second kappa shape index (κ2) is 11.2. The summed E-state index contributed by atoms with van der Waals surface area (Å²) in [4.78, 5) is 24.9. The topological polar surface area (TPSA) is 71.1 Å². The van der Waals surface area contributed by atoms with Crippen LogP contribution in [0.25, 0.3) is 21.5 Å². The summed E-state index contributed by atoms with van der Waals surface area (Å²) in [5.74, 6) is 0.209. The first-order chi connectivity index (χ1) is 15.9. The molecular formula is C26H29ClO6. The van der Waals surface area contributed by atoms with Crippen molar-refractivity contribution in [1.82, 2.24) is 0 Å². The number of fused-ring (bicyclic) bond motifs is 2. The van der Waals surface area contributed by atoms with Crippen LogP contribution in [0.3, 0.4) is 0 Å². The van der Waals surface area contributed by atoms with E-state index < -0.39 is 24.1 Å². The number of halogens is 1. The molecule has 33 heavy (non-hydrogen) atoms. The molecule has 7 heteroatoms. The van der Waals surface area contributed by atoms with Gasteiger partial charge in [0, 0.05) is 26.6 Å². The molecule has 0 saturated heterocycles. The van der Waals surface area contributed by atoms with Crippen LogP contribution in [-0.4, -0.2) is 37.4 Å². The first kappa shape index (κ1) is 24.6. The monoisotopic (exact) mass is 472 g/mol. The number of esters is 2. The Balaban J connectivity index is 2.23. The number of carbonyl (C=O) groups excluding carboxylic acids is 2. The minimum Gasteiger partial charge on any atom is -0.477 e. The van der Waals surface area contributed by atoms with E-state index in [0.717, 1.165) is 16.2 Å². The van der Waals surface area contributed by atoms with Crippen molar-refractivity contribution in [2.75, 3.05) is 13.2 Å². The van der Waals surface area contributed by atoms with Gasteiger partial charge in [-0.15, -0.1) is 0 Å². The summed E-state index contributed by atoms with van der Waals surface area (Å²) in [6, 6.07) is 12.9. The summed E-state index contributed by atoms with van der Waals surface area (Å²) in [7, 11) is 0. The molecule has 6 nitrogen and oxygen atoms in total. The van der Waals surface area contributed by atoms with Gasteiger partial charge in [0.25, 0.3) is 0 Å². The quantitative estimate of drug-likeness (QED) is 0.263. The predicted molar refractivity (Wildman–Crippen MR) is 129 cm³/mol. The molecular weight excluding hydrogens is 444 g/mol. The molecule has 0 aliphatic carbocycles. The van der Waals surface area contributed by atoms with Gasteiger partial charge in [0.1, 0.15) is 11.5 Å². The third kappa shape index (κ3) is 5.33. The molecule has 0 amide bonds. The predicted octanol–water partition coefficient (Wildman–Crippen LogP) is 6.09. The summed E-state index contributed by atoms with van der Waals surface area (Å²) in [5, 5.41) is 3.40. The van der Waals surface area contributed by atoms with Crippen molar-refractivity contribution in [2.24, 2.45) is 0 Å². The molecule has 0 saturated carbocycles. The molecule has 0 aliphatic heterocycles. The summed E-state index contributed by atoms with van der Waals surface area (Å²) in [6.07, 6.45) is -0.651. The molecule has 0 radical (unpaired) electrons. The van der Waals surface area contributed by atoms with Crippen molar-refractivity contribution in [2.45, 2.75) is 52.7 Å². The normalized spacial score (nSPS) is 12.9. The second-order valence-electron chi connectivity index (χ2n) is 7.43. The van der Waals surface area contributed by atoms with E-state index in [2.05, 4.69) is 0 Å². The van der Waals surface area contributed by atoms with Gasteiger partial charge in [0.2, 0.25) is 0 Å². The lowest BCUT2D eigenvalue weighted by Gasteiger charge is -2.23. The number of hydrogen-bond acceptors (Lipinski definition) is 6. The number of hydrogen-bond donors (Lipinski definition) is 0. The smallest absolute Gasteiger partial charge is 0.347 e. The second-order valence-corrected chi connectivity index (χ2v) is 7.86. The maximum Gasteiger partial charge on any atom is 0.347 e. The van der Waals surface area contributed by atoms with Crippen LogP contribution in [0.4, 0.5) is 0 Å². The standard InChI is InChI=1S/C26H29ClO6/c1-5-21(25(28)30-7-3)32-23-17-11-9-10-12-18(17)24(20-15-16(27)13-14-19(20)23)33-22(6-2)26(29)31-8-4/h9-15,21-22H,5-8H2,1-4H3. The lowest BCUT2D eigenvalue weighted by molar-refractivity contribution is -0.152. The highest BCUT2D eigenvalue weighted by Crippen LogP contribution is 2.44. The minimum absolute atomic E-state index is 0.269. The molecule has 0 fully saturated rings. The summed E-state index contributed by atoms with van der Waals surface area (Å²) in [6.45, 7) is 7.79. The summed E-state index contributed by atoms with van der Waals surface area (Å²) in [5.41, 5.74) is 0. The number of benzene rings is 3. The van der Waals surface area contributed by atoms with Crippen LogP contribution in [0.1, 0.15) is 40.5 Å². The van der Waals surface area contributed by atoms with Crippen LogP contribution in [0, 0.1) is 0 Å². The molecule has 176 valence electrons. The van der Waals surface area contributed by atoms with E-state index in [9.17, 15) is 9.59 Å². The minimum atomic E-state index is -0.773.